The lowest BCUT2D eigenvalue weighted by Crippen LogP contribution is -2.35. The van der Waals surface area contributed by atoms with Crippen LogP contribution in [0, 0.1) is 11.3 Å². The Bertz CT molecular complexity index is 1190. The third-order valence-electron chi connectivity index (χ3n) is 5.49. The molecule has 0 unspecified atom stereocenters. The molecule has 2 N–H and O–H groups in total. The van der Waals surface area contributed by atoms with Crippen molar-refractivity contribution in [3.8, 4) is 6.07 Å². The lowest BCUT2D eigenvalue weighted by Gasteiger charge is -2.26. The number of piperidine rings is 1. The van der Waals surface area contributed by atoms with Crippen molar-refractivity contribution in [1.29, 1.82) is 5.26 Å². The molecule has 164 valence electrons. The number of imidazole rings is 1. The van der Waals surface area contributed by atoms with E-state index in [1.807, 2.05) is 11.0 Å². The normalized spacial score (nSPS) is 13.7. The van der Waals surface area contributed by atoms with Crippen LogP contribution < -0.4 is 5.32 Å². The van der Waals surface area contributed by atoms with E-state index in [9.17, 15) is 14.7 Å². The van der Waals surface area contributed by atoms with Gasteiger partial charge in [0.05, 0.1) is 17.2 Å². The Kier molecular flexibility index (Phi) is 6.42. The minimum Gasteiger partial charge on any atom is -0.396 e. The molecule has 1 fully saturated rings. The summed E-state index contributed by atoms with van der Waals surface area (Å²) in [6.07, 6.45) is 5.13. The van der Waals surface area contributed by atoms with Gasteiger partial charge in [-0.05, 0) is 49.9 Å². The minimum atomic E-state index is -0.410. The fourth-order valence-electron chi connectivity index (χ4n) is 3.85. The summed E-state index contributed by atoms with van der Waals surface area (Å²) in [5.74, 6) is -0.203. The molecule has 1 aliphatic heterocycles. The van der Waals surface area contributed by atoms with Gasteiger partial charge in [0, 0.05) is 38.0 Å². The number of fused-ring (bicyclic) bond motifs is 1. The van der Waals surface area contributed by atoms with Gasteiger partial charge in [-0.2, -0.15) is 5.26 Å². The number of nitrogens with one attached hydrogen (secondary N) is 1. The standard InChI is InChI=1S/C23H24N6O3/c24-14-16-6-4-7-17(12-16)21(31)27-23-26-19-13-18(22(32)28-8-2-1-3-9-28)15-25-20(19)29(23)10-5-11-30/h4,6-7,12-13,15,30H,1-3,5,8-11H2,(H,26,27,31). The maximum Gasteiger partial charge on any atom is 0.258 e. The summed E-state index contributed by atoms with van der Waals surface area (Å²) in [7, 11) is 0. The topological polar surface area (TPSA) is 124 Å². The first kappa shape index (κ1) is 21.5. The van der Waals surface area contributed by atoms with Crippen molar-refractivity contribution in [2.24, 2.45) is 0 Å². The maximum atomic E-state index is 12.9. The molecule has 1 aliphatic rings. The molecule has 3 aromatic rings. The molecule has 0 radical (unpaired) electrons. The highest BCUT2D eigenvalue weighted by molar-refractivity contribution is 6.04. The Morgan fingerprint density at radius 2 is 1.97 bits per heavy atom. The predicted octanol–water partition coefficient (Wildman–Crippen LogP) is 2.56. The van der Waals surface area contributed by atoms with E-state index in [1.54, 1.807) is 35.0 Å². The zero-order valence-corrected chi connectivity index (χ0v) is 17.6. The fraction of sp³-hybridized carbons (Fsp3) is 0.348. The van der Waals surface area contributed by atoms with Crippen LogP contribution in [0.3, 0.4) is 0 Å². The van der Waals surface area contributed by atoms with Gasteiger partial charge in [-0.3, -0.25) is 19.5 Å². The van der Waals surface area contributed by atoms with Gasteiger partial charge in [0.1, 0.15) is 5.52 Å². The van der Waals surface area contributed by atoms with Crippen molar-refractivity contribution in [2.75, 3.05) is 25.0 Å². The van der Waals surface area contributed by atoms with Gasteiger partial charge in [0.15, 0.2) is 5.65 Å². The van der Waals surface area contributed by atoms with Gasteiger partial charge in [0.2, 0.25) is 5.95 Å². The van der Waals surface area contributed by atoms with Crippen LogP contribution in [0.5, 0.6) is 0 Å². The number of aliphatic hydroxyl groups excluding tert-OH is 1. The predicted molar refractivity (Wildman–Crippen MR) is 118 cm³/mol. The second-order valence-corrected chi connectivity index (χ2v) is 7.73. The molecule has 32 heavy (non-hydrogen) atoms. The van der Waals surface area contributed by atoms with Gasteiger partial charge in [-0.1, -0.05) is 6.07 Å². The number of anilines is 1. The number of nitriles is 1. The lowest BCUT2D eigenvalue weighted by atomic mass is 10.1. The van der Waals surface area contributed by atoms with Gasteiger partial charge >= 0.3 is 0 Å². The van der Waals surface area contributed by atoms with Gasteiger partial charge in [-0.15, -0.1) is 0 Å². The highest BCUT2D eigenvalue weighted by atomic mass is 16.3. The largest absolute Gasteiger partial charge is 0.396 e. The number of nitrogens with zero attached hydrogens (tertiary/aromatic N) is 5. The van der Waals surface area contributed by atoms with E-state index in [-0.39, 0.29) is 18.5 Å². The Morgan fingerprint density at radius 1 is 1.16 bits per heavy atom. The van der Waals surface area contributed by atoms with Gasteiger partial charge in [-0.25, -0.2) is 9.97 Å². The molecule has 4 rings (SSSR count). The summed E-state index contributed by atoms with van der Waals surface area (Å²) < 4.78 is 1.72. The molecule has 0 saturated carbocycles. The Labute approximate surface area is 185 Å². The number of carbonyl (C=O) groups excluding carboxylic acids is 2. The van der Waals surface area contributed by atoms with Gasteiger partial charge < -0.3 is 10.0 Å². The summed E-state index contributed by atoms with van der Waals surface area (Å²) >= 11 is 0. The molecule has 9 heteroatoms. The molecule has 2 amide bonds. The van der Waals surface area contributed by atoms with Crippen molar-refractivity contribution >= 4 is 28.9 Å². The fourth-order valence-corrected chi connectivity index (χ4v) is 3.85. The summed E-state index contributed by atoms with van der Waals surface area (Å²) in [6, 6.07) is 10.1. The highest BCUT2D eigenvalue weighted by Gasteiger charge is 2.21. The lowest BCUT2D eigenvalue weighted by molar-refractivity contribution is 0.0724. The zero-order valence-electron chi connectivity index (χ0n) is 17.6. The minimum absolute atomic E-state index is 0.0250. The molecule has 0 atom stereocenters. The highest BCUT2D eigenvalue weighted by Crippen LogP contribution is 2.22. The molecule has 2 aromatic heterocycles. The first-order valence-electron chi connectivity index (χ1n) is 10.7. The molecule has 9 nitrogen and oxygen atoms in total. The summed E-state index contributed by atoms with van der Waals surface area (Å²) in [4.78, 5) is 36.4. The number of likely N-dealkylation sites (tertiary alicyclic amines) is 1. The van der Waals surface area contributed by atoms with Crippen molar-refractivity contribution in [1.82, 2.24) is 19.4 Å². The number of carbonyl (C=O) groups is 2. The van der Waals surface area contributed by atoms with Crippen molar-refractivity contribution in [3.63, 3.8) is 0 Å². The second-order valence-electron chi connectivity index (χ2n) is 7.73. The second kappa shape index (κ2) is 9.58. The Hall–Kier alpha value is -3.77. The smallest absolute Gasteiger partial charge is 0.258 e. The first-order chi connectivity index (χ1) is 15.6. The maximum absolute atomic E-state index is 12.9. The van der Waals surface area contributed by atoms with Crippen molar-refractivity contribution < 1.29 is 14.7 Å². The van der Waals surface area contributed by atoms with E-state index in [4.69, 9.17) is 5.26 Å². The van der Waals surface area contributed by atoms with Crippen LogP contribution in [0.2, 0.25) is 0 Å². The third kappa shape index (κ3) is 4.45. The van der Waals surface area contributed by atoms with E-state index in [0.717, 1.165) is 32.4 Å². The Morgan fingerprint density at radius 3 is 2.72 bits per heavy atom. The van der Waals surface area contributed by atoms with Crippen LogP contribution in [-0.4, -0.2) is 56.1 Å². The number of pyridine rings is 1. The molecule has 1 aromatic carbocycles. The van der Waals surface area contributed by atoms with Crippen LogP contribution in [0.1, 0.15) is 52.0 Å². The van der Waals surface area contributed by atoms with E-state index >= 15 is 0 Å². The van der Waals surface area contributed by atoms with E-state index < -0.39 is 5.91 Å². The Balaban J connectivity index is 1.65. The number of hydrogen-bond donors (Lipinski definition) is 2. The molecule has 3 heterocycles. The van der Waals surface area contributed by atoms with Crippen LogP contribution in [0.4, 0.5) is 5.95 Å². The van der Waals surface area contributed by atoms with Gasteiger partial charge in [0.25, 0.3) is 11.8 Å². The summed E-state index contributed by atoms with van der Waals surface area (Å²) in [6.45, 7) is 1.85. The van der Waals surface area contributed by atoms with Crippen LogP contribution in [-0.2, 0) is 6.54 Å². The molecule has 0 bridgehead atoms. The van der Waals surface area contributed by atoms with E-state index in [0.29, 0.717) is 40.8 Å². The van der Waals surface area contributed by atoms with Crippen LogP contribution in [0.25, 0.3) is 11.2 Å². The van der Waals surface area contributed by atoms with Crippen molar-refractivity contribution in [2.45, 2.75) is 32.2 Å². The molecular weight excluding hydrogens is 408 g/mol. The molecule has 0 aliphatic carbocycles. The first-order valence-corrected chi connectivity index (χ1v) is 10.7. The number of rotatable bonds is 6. The average molecular weight is 432 g/mol. The zero-order chi connectivity index (χ0) is 22.5. The van der Waals surface area contributed by atoms with Crippen LogP contribution in [0.15, 0.2) is 36.5 Å². The number of aliphatic hydroxyl groups is 1. The molecule has 0 spiro atoms. The average Bonchev–Trinajstić information content (AvgIpc) is 3.18. The number of aryl methyl sites for hydroxylation is 1. The monoisotopic (exact) mass is 432 g/mol. The number of aromatic nitrogens is 3. The van der Waals surface area contributed by atoms with E-state index in [2.05, 4.69) is 15.3 Å². The summed E-state index contributed by atoms with van der Waals surface area (Å²) in [5.41, 5.74) is 2.19. The molecule has 1 saturated heterocycles. The summed E-state index contributed by atoms with van der Waals surface area (Å²) in [5, 5.41) is 21.1. The number of benzene rings is 1. The number of amides is 2. The quantitative estimate of drug-likeness (QED) is 0.617. The molecular formula is C23H24N6O3. The number of hydrogen-bond acceptors (Lipinski definition) is 6. The van der Waals surface area contributed by atoms with Crippen LogP contribution >= 0.6 is 0 Å². The van der Waals surface area contributed by atoms with Crippen molar-refractivity contribution in [3.05, 3.63) is 53.2 Å². The third-order valence-corrected chi connectivity index (χ3v) is 5.49. The SMILES string of the molecule is N#Cc1cccc(C(=O)Nc2nc3cc(C(=O)N4CCCCC4)cnc3n2CCCO)c1. The van der Waals surface area contributed by atoms with E-state index in [1.165, 1.54) is 6.07 Å².